The number of halogens is 2. The molecule has 0 saturated carbocycles. The van der Waals surface area contributed by atoms with Gasteiger partial charge < -0.3 is 0 Å². The number of aromatic nitrogens is 4. The molecule has 0 radical (unpaired) electrons. The smallest absolute Gasteiger partial charge is 0.115 e. The van der Waals surface area contributed by atoms with Crippen molar-refractivity contribution in [1.82, 2.24) is 19.3 Å². The molecule has 0 atom stereocenters. The molecule has 0 saturated heterocycles. The zero-order chi connectivity index (χ0) is 14.3. The van der Waals surface area contributed by atoms with Gasteiger partial charge in [0, 0.05) is 30.6 Å². The molecule has 0 fully saturated rings. The number of benzene rings is 1. The molecule has 0 unspecified atom stereocenters. The van der Waals surface area contributed by atoms with E-state index in [0.717, 1.165) is 28.2 Å². The van der Waals surface area contributed by atoms with Crippen molar-refractivity contribution in [2.75, 3.05) is 5.88 Å². The van der Waals surface area contributed by atoms with E-state index in [2.05, 4.69) is 14.6 Å². The highest BCUT2D eigenvalue weighted by Gasteiger charge is 2.15. The van der Waals surface area contributed by atoms with Gasteiger partial charge in [0.2, 0.25) is 0 Å². The van der Waals surface area contributed by atoms with Gasteiger partial charge in [-0.15, -0.1) is 11.6 Å². The van der Waals surface area contributed by atoms with E-state index in [1.54, 1.807) is 4.68 Å². The van der Waals surface area contributed by atoms with Crippen LogP contribution in [0.15, 0.2) is 24.4 Å². The molecule has 0 spiro atoms. The SMILES string of the molecule is Cc1nn(C)cc1-n1c(CCCl)nc2cc(Cl)ccc21. The van der Waals surface area contributed by atoms with Crippen LogP contribution in [-0.2, 0) is 13.5 Å². The maximum absolute atomic E-state index is 6.05. The van der Waals surface area contributed by atoms with Crippen molar-refractivity contribution in [3.8, 4) is 5.69 Å². The molecule has 6 heteroatoms. The van der Waals surface area contributed by atoms with Gasteiger partial charge in [0.05, 0.1) is 22.4 Å². The van der Waals surface area contributed by atoms with Crippen LogP contribution in [0.2, 0.25) is 5.02 Å². The molecule has 104 valence electrons. The van der Waals surface area contributed by atoms with Gasteiger partial charge >= 0.3 is 0 Å². The predicted octanol–water partition coefficient (Wildman–Crippen LogP) is 3.50. The van der Waals surface area contributed by atoms with Gasteiger partial charge in [-0.3, -0.25) is 9.25 Å². The Balaban J connectivity index is 2.31. The summed E-state index contributed by atoms with van der Waals surface area (Å²) in [6.07, 6.45) is 2.69. The van der Waals surface area contributed by atoms with Crippen LogP contribution in [-0.4, -0.2) is 25.2 Å². The molecule has 2 aromatic heterocycles. The minimum atomic E-state index is 0.524. The molecule has 0 bridgehead atoms. The fourth-order valence-electron chi connectivity index (χ4n) is 2.43. The Morgan fingerprint density at radius 2 is 2.10 bits per heavy atom. The fraction of sp³-hybridized carbons (Fsp3) is 0.286. The third-order valence-corrected chi connectivity index (χ3v) is 3.66. The highest BCUT2D eigenvalue weighted by Crippen LogP contribution is 2.26. The van der Waals surface area contributed by atoms with Gasteiger partial charge in [0.25, 0.3) is 0 Å². The summed E-state index contributed by atoms with van der Waals surface area (Å²) in [6.45, 7) is 1.99. The molecular formula is C14H14Cl2N4. The molecule has 0 aliphatic rings. The standard InChI is InChI=1S/C14H14Cl2N4/c1-9-13(8-19(2)18-9)20-12-4-3-10(16)7-11(12)17-14(20)5-6-15/h3-4,7-8H,5-6H2,1-2H3. The van der Waals surface area contributed by atoms with Gasteiger partial charge in [-0.2, -0.15) is 5.10 Å². The summed E-state index contributed by atoms with van der Waals surface area (Å²) >= 11 is 11.9. The second-order valence-electron chi connectivity index (χ2n) is 4.71. The average Bonchev–Trinajstić information content (AvgIpc) is 2.89. The number of imidazole rings is 1. The first kappa shape index (κ1) is 13.5. The zero-order valence-corrected chi connectivity index (χ0v) is 12.8. The van der Waals surface area contributed by atoms with Crippen LogP contribution in [0.25, 0.3) is 16.7 Å². The van der Waals surface area contributed by atoms with Gasteiger partial charge in [0.1, 0.15) is 5.82 Å². The lowest BCUT2D eigenvalue weighted by Crippen LogP contribution is -2.02. The van der Waals surface area contributed by atoms with Crippen LogP contribution in [0.1, 0.15) is 11.5 Å². The molecule has 0 N–H and O–H groups in total. The lowest BCUT2D eigenvalue weighted by molar-refractivity contribution is 0.756. The highest BCUT2D eigenvalue weighted by molar-refractivity contribution is 6.31. The Morgan fingerprint density at radius 3 is 2.75 bits per heavy atom. The largest absolute Gasteiger partial charge is 0.293 e. The third-order valence-electron chi connectivity index (χ3n) is 3.23. The second-order valence-corrected chi connectivity index (χ2v) is 5.52. The van der Waals surface area contributed by atoms with Crippen LogP contribution in [0.5, 0.6) is 0 Å². The molecule has 0 amide bonds. The average molecular weight is 309 g/mol. The topological polar surface area (TPSA) is 35.6 Å². The van der Waals surface area contributed by atoms with E-state index < -0.39 is 0 Å². The summed E-state index contributed by atoms with van der Waals surface area (Å²) in [5.74, 6) is 1.45. The molecule has 4 nitrogen and oxygen atoms in total. The van der Waals surface area contributed by atoms with Gasteiger partial charge in [-0.05, 0) is 25.1 Å². The Bertz CT molecular complexity index is 773. The second kappa shape index (κ2) is 5.11. The quantitative estimate of drug-likeness (QED) is 0.694. The summed E-state index contributed by atoms with van der Waals surface area (Å²) < 4.78 is 3.91. The number of rotatable bonds is 3. The number of aryl methyl sites for hydroxylation is 3. The minimum absolute atomic E-state index is 0.524. The first-order chi connectivity index (χ1) is 9.60. The van der Waals surface area contributed by atoms with Crippen molar-refractivity contribution in [2.24, 2.45) is 7.05 Å². The number of fused-ring (bicyclic) bond motifs is 1. The first-order valence-electron chi connectivity index (χ1n) is 6.33. The summed E-state index contributed by atoms with van der Waals surface area (Å²) in [5, 5.41) is 5.08. The summed E-state index contributed by atoms with van der Waals surface area (Å²) in [4.78, 5) is 4.65. The molecule has 1 aromatic carbocycles. The molecule has 0 aliphatic heterocycles. The maximum atomic E-state index is 6.05. The Labute approximate surface area is 126 Å². The van der Waals surface area contributed by atoms with Crippen molar-refractivity contribution in [2.45, 2.75) is 13.3 Å². The number of hydrogen-bond acceptors (Lipinski definition) is 2. The summed E-state index contributed by atoms with van der Waals surface area (Å²) in [5.41, 5.74) is 3.88. The van der Waals surface area contributed by atoms with Crippen LogP contribution in [0.3, 0.4) is 0 Å². The molecule has 3 rings (SSSR count). The molecular weight excluding hydrogens is 295 g/mol. The summed E-state index contributed by atoms with van der Waals surface area (Å²) in [6, 6.07) is 5.73. The van der Waals surface area contributed by atoms with Gasteiger partial charge in [-0.25, -0.2) is 4.98 Å². The Hall–Kier alpha value is -1.52. The summed E-state index contributed by atoms with van der Waals surface area (Å²) in [7, 11) is 1.91. The lowest BCUT2D eigenvalue weighted by atomic mass is 10.3. The van der Waals surface area contributed by atoms with Gasteiger partial charge in [0.15, 0.2) is 0 Å². The van der Waals surface area contributed by atoms with Crippen molar-refractivity contribution in [3.05, 3.63) is 40.9 Å². The highest BCUT2D eigenvalue weighted by atomic mass is 35.5. The third kappa shape index (κ3) is 2.19. The van der Waals surface area contributed by atoms with Crippen molar-refractivity contribution >= 4 is 34.2 Å². The maximum Gasteiger partial charge on any atom is 0.115 e. The van der Waals surface area contributed by atoms with E-state index in [0.29, 0.717) is 17.3 Å². The zero-order valence-electron chi connectivity index (χ0n) is 11.3. The van der Waals surface area contributed by atoms with Gasteiger partial charge in [-0.1, -0.05) is 11.6 Å². The minimum Gasteiger partial charge on any atom is -0.293 e. The molecule has 20 heavy (non-hydrogen) atoms. The van der Waals surface area contributed by atoms with E-state index in [4.69, 9.17) is 23.2 Å². The van der Waals surface area contributed by atoms with E-state index in [1.165, 1.54) is 0 Å². The van der Waals surface area contributed by atoms with Crippen LogP contribution < -0.4 is 0 Å². The fourth-order valence-corrected chi connectivity index (χ4v) is 2.77. The number of alkyl halides is 1. The first-order valence-corrected chi connectivity index (χ1v) is 7.25. The number of nitrogens with zero attached hydrogens (tertiary/aromatic N) is 4. The van der Waals surface area contributed by atoms with E-state index in [-0.39, 0.29) is 0 Å². The molecule has 3 aromatic rings. The Morgan fingerprint density at radius 1 is 1.30 bits per heavy atom. The molecule has 0 aliphatic carbocycles. The van der Waals surface area contributed by atoms with E-state index >= 15 is 0 Å². The number of hydrogen-bond donors (Lipinski definition) is 0. The van der Waals surface area contributed by atoms with Crippen molar-refractivity contribution in [1.29, 1.82) is 0 Å². The lowest BCUT2D eigenvalue weighted by Gasteiger charge is -2.06. The van der Waals surface area contributed by atoms with Crippen molar-refractivity contribution < 1.29 is 0 Å². The molecule has 2 heterocycles. The van der Waals surface area contributed by atoms with Crippen LogP contribution in [0.4, 0.5) is 0 Å². The van der Waals surface area contributed by atoms with Crippen LogP contribution in [0, 0.1) is 6.92 Å². The monoisotopic (exact) mass is 308 g/mol. The van der Waals surface area contributed by atoms with Crippen molar-refractivity contribution in [3.63, 3.8) is 0 Å². The van der Waals surface area contributed by atoms with E-state index in [1.807, 2.05) is 38.4 Å². The van der Waals surface area contributed by atoms with Crippen LogP contribution >= 0.6 is 23.2 Å². The normalized spacial score (nSPS) is 11.4. The predicted molar refractivity (Wildman–Crippen MR) is 82.0 cm³/mol. The van der Waals surface area contributed by atoms with E-state index in [9.17, 15) is 0 Å². The Kier molecular flexibility index (Phi) is 3.44.